The van der Waals surface area contributed by atoms with Gasteiger partial charge in [0.25, 0.3) is 0 Å². The zero-order chi connectivity index (χ0) is 8.85. The molecule has 0 saturated carbocycles. The molecule has 5 heteroatoms. The molecule has 5 nitrogen and oxygen atoms in total. The van der Waals surface area contributed by atoms with Crippen molar-refractivity contribution in [3.63, 3.8) is 0 Å². The standard InChI is InChI=1S/C6H7NO4/c1-2-11-6(10)4(3-7)5(8)9/h4H,2H2,1H3,(H,8,9). The van der Waals surface area contributed by atoms with Gasteiger partial charge in [-0.1, -0.05) is 0 Å². The van der Waals surface area contributed by atoms with Gasteiger partial charge in [0.2, 0.25) is 5.92 Å². The van der Waals surface area contributed by atoms with E-state index in [1.165, 1.54) is 13.0 Å². The third kappa shape index (κ3) is 2.67. The van der Waals surface area contributed by atoms with Gasteiger partial charge >= 0.3 is 11.9 Å². The fraction of sp³-hybridized carbons (Fsp3) is 0.500. The van der Waals surface area contributed by atoms with Crippen LogP contribution in [0, 0.1) is 17.2 Å². The first kappa shape index (κ1) is 9.43. The topological polar surface area (TPSA) is 87.4 Å². The van der Waals surface area contributed by atoms with Crippen LogP contribution in [-0.4, -0.2) is 23.7 Å². The maximum absolute atomic E-state index is 10.6. The van der Waals surface area contributed by atoms with Gasteiger partial charge in [0.1, 0.15) is 0 Å². The number of esters is 1. The Kier molecular flexibility index (Phi) is 3.67. The van der Waals surface area contributed by atoms with Gasteiger partial charge in [-0.05, 0) is 6.92 Å². The van der Waals surface area contributed by atoms with Crippen molar-refractivity contribution in [1.82, 2.24) is 0 Å². The second kappa shape index (κ2) is 4.28. The first-order chi connectivity index (χ1) is 5.13. The van der Waals surface area contributed by atoms with Gasteiger partial charge < -0.3 is 9.84 Å². The summed E-state index contributed by atoms with van der Waals surface area (Å²) in [4.78, 5) is 20.7. The fourth-order valence-electron chi connectivity index (χ4n) is 0.434. The Balaban J connectivity index is 4.18. The van der Waals surface area contributed by atoms with E-state index in [9.17, 15) is 9.59 Å². The van der Waals surface area contributed by atoms with Crippen molar-refractivity contribution in [3.8, 4) is 6.07 Å². The number of hydrogen-bond donors (Lipinski definition) is 1. The normalized spacial score (nSPS) is 11.3. The Labute approximate surface area is 63.2 Å². The molecule has 0 heterocycles. The molecule has 0 fully saturated rings. The van der Waals surface area contributed by atoms with Crippen LogP contribution in [0.2, 0.25) is 0 Å². The number of carboxylic acids is 1. The molecule has 1 atom stereocenters. The van der Waals surface area contributed by atoms with Gasteiger partial charge in [0, 0.05) is 0 Å². The molecule has 0 aromatic heterocycles. The lowest BCUT2D eigenvalue weighted by Gasteiger charge is -2.01. The summed E-state index contributed by atoms with van der Waals surface area (Å²) in [5, 5.41) is 16.4. The van der Waals surface area contributed by atoms with Crippen LogP contribution in [0.25, 0.3) is 0 Å². The smallest absolute Gasteiger partial charge is 0.334 e. The highest BCUT2D eigenvalue weighted by molar-refractivity contribution is 5.96. The quantitative estimate of drug-likeness (QED) is 0.451. The third-order valence-corrected chi connectivity index (χ3v) is 0.898. The average Bonchev–Trinajstić information content (AvgIpc) is 1.88. The summed E-state index contributed by atoms with van der Waals surface area (Å²) >= 11 is 0. The second-order valence-corrected chi connectivity index (χ2v) is 1.65. The molecule has 0 radical (unpaired) electrons. The molecule has 0 aromatic rings. The summed E-state index contributed by atoms with van der Waals surface area (Å²) < 4.78 is 4.31. The lowest BCUT2D eigenvalue weighted by atomic mass is 10.2. The summed E-state index contributed by atoms with van der Waals surface area (Å²) in [7, 11) is 0. The predicted molar refractivity (Wildman–Crippen MR) is 33.4 cm³/mol. The zero-order valence-corrected chi connectivity index (χ0v) is 5.90. The molecule has 0 amide bonds. The lowest BCUT2D eigenvalue weighted by molar-refractivity contribution is -0.155. The molecule has 0 aliphatic rings. The number of nitriles is 1. The van der Waals surface area contributed by atoms with Crippen molar-refractivity contribution in [2.45, 2.75) is 6.92 Å². The molecule has 0 aliphatic heterocycles. The Hall–Kier alpha value is -1.57. The van der Waals surface area contributed by atoms with Crippen LogP contribution in [0.5, 0.6) is 0 Å². The van der Waals surface area contributed by atoms with E-state index < -0.39 is 17.9 Å². The molecule has 1 unspecified atom stereocenters. The summed E-state index contributed by atoms with van der Waals surface area (Å²) in [5.41, 5.74) is 0. The van der Waals surface area contributed by atoms with E-state index in [0.717, 1.165) is 0 Å². The van der Waals surface area contributed by atoms with Gasteiger partial charge in [0.05, 0.1) is 12.7 Å². The van der Waals surface area contributed by atoms with E-state index in [-0.39, 0.29) is 6.61 Å². The monoisotopic (exact) mass is 157 g/mol. The van der Waals surface area contributed by atoms with Crippen LogP contribution >= 0.6 is 0 Å². The third-order valence-electron chi connectivity index (χ3n) is 0.898. The number of aliphatic carboxylic acids is 1. The Morgan fingerprint density at radius 1 is 1.73 bits per heavy atom. The number of hydrogen-bond acceptors (Lipinski definition) is 4. The minimum atomic E-state index is -1.70. The molecule has 0 rings (SSSR count). The summed E-state index contributed by atoms with van der Waals surface area (Å²) in [6.45, 7) is 1.61. The lowest BCUT2D eigenvalue weighted by Crippen LogP contribution is -2.24. The van der Waals surface area contributed by atoms with Crippen LogP contribution < -0.4 is 0 Å². The number of rotatable bonds is 3. The minimum Gasteiger partial charge on any atom is -0.480 e. The number of carbonyl (C=O) groups is 2. The van der Waals surface area contributed by atoms with Crippen LogP contribution in [-0.2, 0) is 14.3 Å². The number of nitrogens with zero attached hydrogens (tertiary/aromatic N) is 1. The highest BCUT2D eigenvalue weighted by atomic mass is 16.5. The maximum atomic E-state index is 10.6. The molecular formula is C6H7NO4. The van der Waals surface area contributed by atoms with Crippen LogP contribution in [0.15, 0.2) is 0 Å². The first-order valence-electron chi connectivity index (χ1n) is 2.92. The Morgan fingerprint density at radius 3 is 2.55 bits per heavy atom. The van der Waals surface area contributed by atoms with Crippen molar-refractivity contribution < 1.29 is 19.4 Å². The first-order valence-corrected chi connectivity index (χ1v) is 2.92. The Bertz CT molecular complexity index is 205. The van der Waals surface area contributed by atoms with E-state index in [0.29, 0.717) is 0 Å². The molecule has 60 valence electrons. The van der Waals surface area contributed by atoms with E-state index in [2.05, 4.69) is 4.74 Å². The maximum Gasteiger partial charge on any atom is 0.334 e. The largest absolute Gasteiger partial charge is 0.480 e. The molecule has 0 bridgehead atoms. The van der Waals surface area contributed by atoms with Gasteiger partial charge in [-0.15, -0.1) is 0 Å². The highest BCUT2D eigenvalue weighted by Crippen LogP contribution is 1.97. The molecule has 1 N–H and O–H groups in total. The molecule has 0 spiro atoms. The van der Waals surface area contributed by atoms with Crippen LogP contribution in [0.3, 0.4) is 0 Å². The second-order valence-electron chi connectivity index (χ2n) is 1.65. The van der Waals surface area contributed by atoms with Gasteiger partial charge in [0.15, 0.2) is 0 Å². The molecule has 0 saturated heterocycles. The molecule has 0 aliphatic carbocycles. The van der Waals surface area contributed by atoms with Crippen molar-refractivity contribution in [2.75, 3.05) is 6.61 Å². The van der Waals surface area contributed by atoms with E-state index in [1.54, 1.807) is 0 Å². The van der Waals surface area contributed by atoms with E-state index in [4.69, 9.17) is 10.4 Å². The molecular weight excluding hydrogens is 150 g/mol. The molecule has 11 heavy (non-hydrogen) atoms. The minimum absolute atomic E-state index is 0.0737. The van der Waals surface area contributed by atoms with Crippen LogP contribution in [0.4, 0.5) is 0 Å². The van der Waals surface area contributed by atoms with Crippen molar-refractivity contribution in [1.29, 1.82) is 5.26 Å². The summed E-state index contributed by atoms with van der Waals surface area (Å²) in [5.74, 6) is -4.19. The van der Waals surface area contributed by atoms with E-state index in [1.807, 2.05) is 0 Å². The summed E-state index contributed by atoms with van der Waals surface area (Å²) in [6, 6.07) is 1.31. The summed E-state index contributed by atoms with van der Waals surface area (Å²) in [6.07, 6.45) is 0. The van der Waals surface area contributed by atoms with Gasteiger partial charge in [-0.2, -0.15) is 5.26 Å². The number of carbonyl (C=O) groups excluding carboxylic acids is 1. The predicted octanol–water partition coefficient (Wildman–Crippen LogP) is -0.226. The van der Waals surface area contributed by atoms with Crippen molar-refractivity contribution in [2.24, 2.45) is 5.92 Å². The van der Waals surface area contributed by atoms with Crippen molar-refractivity contribution in [3.05, 3.63) is 0 Å². The van der Waals surface area contributed by atoms with Crippen LogP contribution in [0.1, 0.15) is 6.92 Å². The fourth-order valence-corrected chi connectivity index (χ4v) is 0.434. The van der Waals surface area contributed by atoms with Gasteiger partial charge in [-0.3, -0.25) is 4.79 Å². The SMILES string of the molecule is CCOC(=O)C(C#N)C(=O)O. The number of ether oxygens (including phenoxy) is 1. The highest BCUT2D eigenvalue weighted by Gasteiger charge is 2.26. The molecule has 0 aromatic carbocycles. The van der Waals surface area contributed by atoms with Gasteiger partial charge in [-0.25, -0.2) is 4.79 Å². The number of carboxylic acid groups (broad SMARTS) is 1. The average molecular weight is 157 g/mol. The zero-order valence-electron chi connectivity index (χ0n) is 5.90. The van der Waals surface area contributed by atoms with E-state index >= 15 is 0 Å². The Morgan fingerprint density at radius 2 is 2.27 bits per heavy atom. The van der Waals surface area contributed by atoms with Crippen molar-refractivity contribution >= 4 is 11.9 Å².